The Morgan fingerprint density at radius 2 is 2.14 bits per heavy atom. The molecule has 14 heavy (non-hydrogen) atoms. The number of phenols is 1. The Kier molecular flexibility index (Phi) is 3.38. The molecule has 1 rings (SSSR count). The van der Waals surface area contributed by atoms with Crippen LogP contribution in [0.1, 0.15) is 6.92 Å². The van der Waals surface area contributed by atoms with Gasteiger partial charge in [-0.05, 0) is 25.1 Å². The van der Waals surface area contributed by atoms with Crippen LogP contribution in [0, 0.1) is 0 Å². The Hall–Kier alpha value is -0.750. The summed E-state index contributed by atoms with van der Waals surface area (Å²) in [6.07, 6.45) is 0. The van der Waals surface area contributed by atoms with Crippen molar-refractivity contribution >= 4 is 31.6 Å². The Labute approximate surface area is 91.1 Å². The molecule has 0 aromatic heterocycles. The minimum atomic E-state index is -3.34. The van der Waals surface area contributed by atoms with Gasteiger partial charge in [0.15, 0.2) is 0 Å². The van der Waals surface area contributed by atoms with Gasteiger partial charge >= 0.3 is 0 Å². The molecule has 0 amide bonds. The molecule has 0 fully saturated rings. The summed E-state index contributed by atoms with van der Waals surface area (Å²) in [6, 6.07) is 4.54. The summed E-state index contributed by atoms with van der Waals surface area (Å²) in [5, 5.41) is 9.35. The number of nitrogens with one attached hydrogen (secondary N) is 1. The molecular weight excluding hydrogens is 270 g/mol. The molecule has 0 unspecified atom stereocenters. The highest BCUT2D eigenvalue weighted by Crippen LogP contribution is 2.27. The molecule has 0 aliphatic heterocycles. The van der Waals surface area contributed by atoms with Crippen molar-refractivity contribution in [2.45, 2.75) is 6.92 Å². The Bertz CT molecular complexity index is 430. The number of anilines is 1. The van der Waals surface area contributed by atoms with E-state index in [2.05, 4.69) is 20.7 Å². The fraction of sp³-hybridized carbons (Fsp3) is 0.250. The largest absolute Gasteiger partial charge is 0.506 e. The quantitative estimate of drug-likeness (QED) is 0.831. The van der Waals surface area contributed by atoms with Crippen molar-refractivity contribution in [3.05, 3.63) is 22.7 Å². The van der Waals surface area contributed by atoms with Gasteiger partial charge in [-0.1, -0.05) is 15.9 Å². The Balaban J connectivity index is 3.03. The zero-order valence-corrected chi connectivity index (χ0v) is 9.89. The first-order valence-electron chi connectivity index (χ1n) is 3.93. The lowest BCUT2D eigenvalue weighted by Gasteiger charge is -2.07. The van der Waals surface area contributed by atoms with Crippen LogP contribution >= 0.6 is 15.9 Å². The number of hydrogen-bond donors (Lipinski definition) is 2. The van der Waals surface area contributed by atoms with Crippen LogP contribution in [-0.2, 0) is 10.0 Å². The van der Waals surface area contributed by atoms with Gasteiger partial charge < -0.3 is 5.11 Å². The fourth-order valence-electron chi connectivity index (χ4n) is 0.830. The van der Waals surface area contributed by atoms with Crippen molar-refractivity contribution in [1.29, 1.82) is 0 Å². The molecule has 0 aliphatic carbocycles. The van der Waals surface area contributed by atoms with Crippen molar-refractivity contribution < 1.29 is 13.5 Å². The van der Waals surface area contributed by atoms with E-state index in [1.54, 1.807) is 6.07 Å². The van der Waals surface area contributed by atoms with Crippen LogP contribution in [0.15, 0.2) is 22.7 Å². The second-order valence-electron chi connectivity index (χ2n) is 2.67. The van der Waals surface area contributed by atoms with Gasteiger partial charge in [0.1, 0.15) is 5.75 Å². The zero-order chi connectivity index (χ0) is 10.8. The molecular formula is C8H10BrNO3S. The van der Waals surface area contributed by atoms with Crippen LogP contribution in [-0.4, -0.2) is 19.3 Å². The number of sulfonamides is 1. The highest BCUT2D eigenvalue weighted by molar-refractivity contribution is 9.10. The summed E-state index contributed by atoms with van der Waals surface area (Å²) in [5.74, 6) is -0.121. The number of benzene rings is 1. The first kappa shape index (κ1) is 11.3. The monoisotopic (exact) mass is 279 g/mol. The number of phenolic OH excluding ortho intramolecular Hbond substituents is 1. The smallest absolute Gasteiger partial charge is 0.232 e. The topological polar surface area (TPSA) is 66.4 Å². The second-order valence-corrected chi connectivity index (χ2v) is 5.59. The van der Waals surface area contributed by atoms with Crippen LogP contribution in [0.3, 0.4) is 0 Å². The first-order chi connectivity index (χ1) is 6.44. The molecule has 1 aromatic carbocycles. The lowest BCUT2D eigenvalue weighted by molar-refractivity contribution is 0.477. The van der Waals surface area contributed by atoms with E-state index in [0.717, 1.165) is 0 Å². The van der Waals surface area contributed by atoms with E-state index in [1.165, 1.54) is 19.1 Å². The van der Waals surface area contributed by atoms with Crippen molar-refractivity contribution in [1.82, 2.24) is 0 Å². The van der Waals surface area contributed by atoms with E-state index in [9.17, 15) is 13.5 Å². The maximum atomic E-state index is 11.2. The molecule has 1 aromatic rings. The lowest BCUT2D eigenvalue weighted by Crippen LogP contribution is -2.14. The van der Waals surface area contributed by atoms with Gasteiger partial charge in [0.2, 0.25) is 10.0 Å². The van der Waals surface area contributed by atoms with E-state index in [-0.39, 0.29) is 17.2 Å². The van der Waals surface area contributed by atoms with E-state index >= 15 is 0 Å². The standard InChI is InChI=1S/C8H10BrNO3S/c1-2-14(12,13)10-7-5-6(9)3-4-8(7)11/h3-5,10-11H,2H2,1H3. The summed E-state index contributed by atoms with van der Waals surface area (Å²) >= 11 is 3.18. The third-order valence-corrected chi connectivity index (χ3v) is 3.39. The van der Waals surface area contributed by atoms with Gasteiger partial charge in [-0.3, -0.25) is 4.72 Å². The van der Waals surface area contributed by atoms with Gasteiger partial charge in [-0.2, -0.15) is 0 Å². The molecule has 4 nitrogen and oxygen atoms in total. The van der Waals surface area contributed by atoms with Gasteiger partial charge in [0, 0.05) is 4.47 Å². The molecule has 0 saturated heterocycles. The summed E-state index contributed by atoms with van der Waals surface area (Å²) in [5.41, 5.74) is 0.182. The van der Waals surface area contributed by atoms with Crippen LogP contribution in [0.5, 0.6) is 5.75 Å². The molecule has 0 bridgehead atoms. The van der Waals surface area contributed by atoms with E-state index < -0.39 is 10.0 Å². The first-order valence-corrected chi connectivity index (χ1v) is 6.38. The molecule has 0 heterocycles. The molecule has 0 spiro atoms. The number of hydrogen-bond acceptors (Lipinski definition) is 3. The summed E-state index contributed by atoms with van der Waals surface area (Å²) in [4.78, 5) is 0. The number of aromatic hydroxyl groups is 1. The second kappa shape index (κ2) is 4.18. The Morgan fingerprint density at radius 1 is 1.50 bits per heavy atom. The van der Waals surface area contributed by atoms with E-state index in [0.29, 0.717) is 4.47 Å². The predicted octanol–water partition coefficient (Wildman–Crippen LogP) is 1.92. The number of rotatable bonds is 3. The minimum Gasteiger partial charge on any atom is -0.506 e. The predicted molar refractivity (Wildman–Crippen MR) is 58.9 cm³/mol. The SMILES string of the molecule is CCS(=O)(=O)Nc1cc(Br)ccc1O. The van der Waals surface area contributed by atoms with E-state index in [4.69, 9.17) is 0 Å². The van der Waals surface area contributed by atoms with Crippen molar-refractivity contribution in [2.24, 2.45) is 0 Å². The van der Waals surface area contributed by atoms with Crippen LogP contribution < -0.4 is 4.72 Å². The highest BCUT2D eigenvalue weighted by atomic mass is 79.9. The molecule has 2 N–H and O–H groups in total. The minimum absolute atomic E-state index is 0.0288. The lowest BCUT2D eigenvalue weighted by atomic mass is 10.3. The summed E-state index contributed by atoms with van der Waals surface area (Å²) in [6.45, 7) is 1.53. The highest BCUT2D eigenvalue weighted by Gasteiger charge is 2.10. The summed E-state index contributed by atoms with van der Waals surface area (Å²) < 4.78 is 25.4. The summed E-state index contributed by atoms with van der Waals surface area (Å²) in [7, 11) is -3.34. The van der Waals surface area contributed by atoms with E-state index in [1.807, 2.05) is 0 Å². The molecule has 0 radical (unpaired) electrons. The number of halogens is 1. The maximum Gasteiger partial charge on any atom is 0.232 e. The molecule has 6 heteroatoms. The molecule has 0 aliphatic rings. The third kappa shape index (κ3) is 2.88. The van der Waals surface area contributed by atoms with Crippen LogP contribution in [0.4, 0.5) is 5.69 Å². The molecule has 78 valence electrons. The third-order valence-electron chi connectivity index (χ3n) is 1.60. The normalized spacial score (nSPS) is 11.3. The zero-order valence-electron chi connectivity index (χ0n) is 7.49. The van der Waals surface area contributed by atoms with Crippen molar-refractivity contribution in [3.63, 3.8) is 0 Å². The van der Waals surface area contributed by atoms with Gasteiger partial charge in [0.05, 0.1) is 11.4 Å². The van der Waals surface area contributed by atoms with Gasteiger partial charge in [-0.25, -0.2) is 8.42 Å². The molecule has 0 atom stereocenters. The average Bonchev–Trinajstić information content (AvgIpc) is 2.11. The molecule has 0 saturated carbocycles. The maximum absolute atomic E-state index is 11.2. The van der Waals surface area contributed by atoms with Gasteiger partial charge in [-0.15, -0.1) is 0 Å². The van der Waals surface area contributed by atoms with Crippen molar-refractivity contribution in [2.75, 3.05) is 10.5 Å². The fourth-order valence-corrected chi connectivity index (χ4v) is 1.83. The average molecular weight is 280 g/mol. The van der Waals surface area contributed by atoms with Crippen molar-refractivity contribution in [3.8, 4) is 5.75 Å². The van der Waals surface area contributed by atoms with Gasteiger partial charge in [0.25, 0.3) is 0 Å². The van der Waals surface area contributed by atoms with Crippen LogP contribution in [0.25, 0.3) is 0 Å². The van der Waals surface area contributed by atoms with Crippen LogP contribution in [0.2, 0.25) is 0 Å². The Morgan fingerprint density at radius 3 is 2.71 bits per heavy atom.